The molecule has 3 heterocycles. The fraction of sp³-hybridized carbons (Fsp3) is 0.400. The number of pyridine rings is 1. The van der Waals surface area contributed by atoms with E-state index in [2.05, 4.69) is 15.0 Å². The Bertz CT molecular complexity index is 732. The summed E-state index contributed by atoms with van der Waals surface area (Å²) in [5, 5.41) is 0. The maximum atomic E-state index is 11.7. The summed E-state index contributed by atoms with van der Waals surface area (Å²) in [5.41, 5.74) is 2.54. The zero-order valence-electron chi connectivity index (χ0n) is 12.4. The second-order valence-electron chi connectivity index (χ2n) is 5.53. The van der Waals surface area contributed by atoms with Crippen LogP contribution < -0.4 is 0 Å². The van der Waals surface area contributed by atoms with Gasteiger partial charge in [0.1, 0.15) is 0 Å². The molecule has 1 saturated heterocycles. The second kappa shape index (κ2) is 6.10. The molecule has 1 unspecified atom stereocenters. The van der Waals surface area contributed by atoms with Crippen molar-refractivity contribution in [1.82, 2.24) is 19.3 Å². The highest BCUT2D eigenvalue weighted by Gasteiger charge is 2.27. The minimum atomic E-state index is -3.14. The third kappa shape index (κ3) is 3.31. The van der Waals surface area contributed by atoms with Gasteiger partial charge >= 0.3 is 0 Å². The summed E-state index contributed by atoms with van der Waals surface area (Å²) in [6, 6.07) is 3.79. The Morgan fingerprint density at radius 2 is 2.09 bits per heavy atom. The lowest BCUT2D eigenvalue weighted by molar-refractivity contribution is 0.314. The van der Waals surface area contributed by atoms with Gasteiger partial charge in [0.2, 0.25) is 10.0 Å². The molecule has 116 valence electrons. The van der Waals surface area contributed by atoms with Crippen molar-refractivity contribution in [3.05, 3.63) is 42.6 Å². The van der Waals surface area contributed by atoms with Crippen molar-refractivity contribution in [1.29, 1.82) is 0 Å². The molecule has 2 aromatic rings. The van der Waals surface area contributed by atoms with Gasteiger partial charge < -0.3 is 0 Å². The molecule has 6 nitrogen and oxygen atoms in total. The van der Waals surface area contributed by atoms with E-state index >= 15 is 0 Å². The van der Waals surface area contributed by atoms with Crippen LogP contribution in [0.3, 0.4) is 0 Å². The van der Waals surface area contributed by atoms with E-state index in [1.807, 2.05) is 12.1 Å². The van der Waals surface area contributed by atoms with Crippen molar-refractivity contribution in [3.8, 4) is 11.3 Å². The number of sulfonamides is 1. The van der Waals surface area contributed by atoms with Crippen molar-refractivity contribution in [2.24, 2.45) is 0 Å². The van der Waals surface area contributed by atoms with E-state index in [0.29, 0.717) is 13.1 Å². The molecule has 0 bridgehead atoms. The molecule has 22 heavy (non-hydrogen) atoms. The minimum Gasteiger partial charge on any atom is -0.264 e. The van der Waals surface area contributed by atoms with Crippen molar-refractivity contribution in [3.63, 3.8) is 0 Å². The van der Waals surface area contributed by atoms with Crippen LogP contribution in [-0.4, -0.2) is 47.0 Å². The molecule has 1 atom stereocenters. The fourth-order valence-electron chi connectivity index (χ4n) is 2.70. The first kappa shape index (κ1) is 15.1. The van der Waals surface area contributed by atoms with Gasteiger partial charge in [-0.3, -0.25) is 15.0 Å². The lowest BCUT2D eigenvalue weighted by Gasteiger charge is -2.30. The van der Waals surface area contributed by atoms with Gasteiger partial charge in [-0.2, -0.15) is 0 Å². The van der Waals surface area contributed by atoms with Crippen LogP contribution in [0.15, 0.2) is 36.9 Å². The van der Waals surface area contributed by atoms with E-state index in [4.69, 9.17) is 0 Å². The molecule has 1 fully saturated rings. The van der Waals surface area contributed by atoms with Crippen LogP contribution >= 0.6 is 0 Å². The molecular weight excluding hydrogens is 300 g/mol. The summed E-state index contributed by atoms with van der Waals surface area (Å²) < 4.78 is 24.9. The second-order valence-corrected chi connectivity index (χ2v) is 7.51. The molecule has 0 N–H and O–H groups in total. The lowest BCUT2D eigenvalue weighted by Crippen LogP contribution is -2.38. The van der Waals surface area contributed by atoms with Crippen LogP contribution in [0.1, 0.15) is 24.5 Å². The van der Waals surface area contributed by atoms with Crippen LogP contribution in [-0.2, 0) is 10.0 Å². The van der Waals surface area contributed by atoms with Crippen molar-refractivity contribution < 1.29 is 8.42 Å². The topological polar surface area (TPSA) is 76.1 Å². The van der Waals surface area contributed by atoms with E-state index in [9.17, 15) is 8.42 Å². The monoisotopic (exact) mass is 318 g/mol. The summed E-state index contributed by atoms with van der Waals surface area (Å²) in [6.07, 6.45) is 9.98. The van der Waals surface area contributed by atoms with Gasteiger partial charge in [0.25, 0.3) is 0 Å². The molecule has 0 radical (unpaired) electrons. The molecule has 0 aliphatic carbocycles. The highest BCUT2D eigenvalue weighted by atomic mass is 32.2. The highest BCUT2D eigenvalue weighted by Crippen LogP contribution is 2.27. The van der Waals surface area contributed by atoms with Gasteiger partial charge in [0, 0.05) is 43.2 Å². The van der Waals surface area contributed by atoms with Crippen molar-refractivity contribution >= 4 is 10.0 Å². The number of aromatic nitrogens is 3. The summed E-state index contributed by atoms with van der Waals surface area (Å²) in [4.78, 5) is 13.0. The maximum Gasteiger partial charge on any atom is 0.211 e. The van der Waals surface area contributed by atoms with E-state index in [-0.39, 0.29) is 5.92 Å². The van der Waals surface area contributed by atoms with Crippen LogP contribution in [0.5, 0.6) is 0 Å². The van der Waals surface area contributed by atoms with Crippen LogP contribution in [0, 0.1) is 0 Å². The summed E-state index contributed by atoms with van der Waals surface area (Å²) >= 11 is 0. The first-order chi connectivity index (χ1) is 10.5. The molecular formula is C15H18N4O2S. The van der Waals surface area contributed by atoms with Crippen LogP contribution in [0.25, 0.3) is 11.3 Å². The SMILES string of the molecule is CS(=O)(=O)N1CCCC(c2cnc(-c3cccnc3)cn2)C1. The van der Waals surface area contributed by atoms with Gasteiger partial charge in [-0.25, -0.2) is 12.7 Å². The van der Waals surface area contributed by atoms with Gasteiger partial charge in [0.05, 0.1) is 23.8 Å². The summed E-state index contributed by atoms with van der Waals surface area (Å²) in [5.74, 6) is 0.110. The van der Waals surface area contributed by atoms with Gasteiger partial charge in [-0.1, -0.05) is 0 Å². The maximum absolute atomic E-state index is 11.7. The fourth-order valence-corrected chi connectivity index (χ4v) is 3.61. The Labute approximate surface area is 130 Å². The van der Waals surface area contributed by atoms with E-state index < -0.39 is 10.0 Å². The largest absolute Gasteiger partial charge is 0.264 e. The third-order valence-electron chi connectivity index (χ3n) is 3.90. The first-order valence-corrected chi connectivity index (χ1v) is 9.06. The smallest absolute Gasteiger partial charge is 0.211 e. The zero-order chi connectivity index (χ0) is 15.6. The predicted octanol–water partition coefficient (Wildman–Crippen LogP) is 1.68. The van der Waals surface area contributed by atoms with Crippen LogP contribution in [0.4, 0.5) is 0 Å². The number of nitrogens with zero attached hydrogens (tertiary/aromatic N) is 4. The summed E-state index contributed by atoms with van der Waals surface area (Å²) in [6.45, 7) is 1.08. The number of hydrogen-bond donors (Lipinski definition) is 0. The highest BCUT2D eigenvalue weighted by molar-refractivity contribution is 7.88. The Morgan fingerprint density at radius 3 is 2.73 bits per heavy atom. The van der Waals surface area contributed by atoms with E-state index in [0.717, 1.165) is 29.8 Å². The Morgan fingerprint density at radius 1 is 1.23 bits per heavy atom. The average Bonchev–Trinajstić information content (AvgIpc) is 2.55. The number of piperidine rings is 1. The molecule has 1 aliphatic rings. The molecule has 0 amide bonds. The quantitative estimate of drug-likeness (QED) is 0.860. The van der Waals surface area contributed by atoms with Crippen molar-refractivity contribution in [2.75, 3.05) is 19.3 Å². The van der Waals surface area contributed by atoms with E-state index in [1.165, 1.54) is 10.6 Å². The molecule has 3 rings (SSSR count). The Hall–Kier alpha value is -1.86. The average molecular weight is 318 g/mol. The van der Waals surface area contributed by atoms with Gasteiger partial charge in [0.15, 0.2) is 0 Å². The Kier molecular flexibility index (Phi) is 4.17. The lowest BCUT2D eigenvalue weighted by atomic mass is 9.96. The van der Waals surface area contributed by atoms with Crippen molar-refractivity contribution in [2.45, 2.75) is 18.8 Å². The first-order valence-electron chi connectivity index (χ1n) is 7.21. The normalized spacial score (nSPS) is 20.0. The van der Waals surface area contributed by atoms with E-state index in [1.54, 1.807) is 24.8 Å². The predicted molar refractivity (Wildman–Crippen MR) is 83.7 cm³/mol. The summed E-state index contributed by atoms with van der Waals surface area (Å²) in [7, 11) is -3.14. The van der Waals surface area contributed by atoms with Gasteiger partial charge in [-0.15, -0.1) is 0 Å². The number of rotatable bonds is 3. The molecule has 7 heteroatoms. The van der Waals surface area contributed by atoms with Crippen LogP contribution in [0.2, 0.25) is 0 Å². The molecule has 0 spiro atoms. The van der Waals surface area contributed by atoms with Gasteiger partial charge in [-0.05, 0) is 25.0 Å². The standard InChI is InChI=1S/C15H18N4O2S/c1-22(20,21)19-7-3-5-13(11-19)15-10-17-14(9-18-15)12-4-2-6-16-8-12/h2,4,6,8-10,13H,3,5,7,11H2,1H3. The third-order valence-corrected chi connectivity index (χ3v) is 5.17. The molecule has 0 saturated carbocycles. The number of hydrogen-bond acceptors (Lipinski definition) is 5. The molecule has 2 aromatic heterocycles. The Balaban J connectivity index is 1.78. The molecule has 1 aliphatic heterocycles. The molecule has 0 aromatic carbocycles. The minimum absolute atomic E-state index is 0.110. The zero-order valence-corrected chi connectivity index (χ0v) is 13.2.